The largest absolute Gasteiger partial charge is 0.508 e. The van der Waals surface area contributed by atoms with E-state index in [1.165, 1.54) is 0 Å². The van der Waals surface area contributed by atoms with Gasteiger partial charge in [0.1, 0.15) is 17.9 Å². The molecule has 5 heteroatoms. The molecule has 1 aromatic carbocycles. The summed E-state index contributed by atoms with van der Waals surface area (Å²) in [6, 6.07) is 11.5. The Hall–Kier alpha value is -2.66. The summed E-state index contributed by atoms with van der Waals surface area (Å²) in [5.41, 5.74) is 2.00. The number of benzene rings is 1. The summed E-state index contributed by atoms with van der Waals surface area (Å²) < 4.78 is 1.90. The Kier molecular flexibility index (Phi) is 4.68. The van der Waals surface area contributed by atoms with Crippen LogP contribution in [0, 0.1) is 0 Å². The van der Waals surface area contributed by atoms with Crippen molar-refractivity contribution < 1.29 is 5.11 Å². The molecular weight excluding hydrogens is 288 g/mol. The topological polar surface area (TPSA) is 63.0 Å². The van der Waals surface area contributed by atoms with Crippen molar-refractivity contribution >= 4 is 0 Å². The number of aromatic nitrogens is 3. The highest BCUT2D eigenvalue weighted by molar-refractivity contribution is 5.36. The third kappa shape index (κ3) is 3.40. The standard InChI is InChI=1S/C18H20N4O/c1-2-16(15-7-3-4-8-17(15)23)21-12-14-6-5-9-20-18(14)22-11-10-19-13-22/h3-11,13,16,21,23H,2,12H2,1H3. The number of para-hydroxylation sites is 1. The summed E-state index contributed by atoms with van der Waals surface area (Å²) in [6.45, 7) is 2.76. The van der Waals surface area contributed by atoms with Gasteiger partial charge in [0.05, 0.1) is 0 Å². The van der Waals surface area contributed by atoms with Crippen LogP contribution >= 0.6 is 0 Å². The molecule has 0 fully saturated rings. The van der Waals surface area contributed by atoms with Crippen molar-refractivity contribution in [3.63, 3.8) is 0 Å². The SMILES string of the molecule is CCC(NCc1cccnc1-n1ccnc1)c1ccccc1O. The van der Waals surface area contributed by atoms with E-state index in [9.17, 15) is 5.11 Å². The Morgan fingerprint density at radius 2 is 2.04 bits per heavy atom. The van der Waals surface area contributed by atoms with Gasteiger partial charge < -0.3 is 10.4 Å². The number of aromatic hydroxyl groups is 1. The molecule has 0 bridgehead atoms. The number of phenols is 1. The van der Waals surface area contributed by atoms with Gasteiger partial charge in [-0.25, -0.2) is 9.97 Å². The zero-order valence-corrected chi connectivity index (χ0v) is 13.1. The summed E-state index contributed by atoms with van der Waals surface area (Å²) in [7, 11) is 0. The number of hydrogen-bond donors (Lipinski definition) is 2. The quantitative estimate of drug-likeness (QED) is 0.734. The second kappa shape index (κ2) is 7.07. The lowest BCUT2D eigenvalue weighted by Gasteiger charge is -2.19. The van der Waals surface area contributed by atoms with E-state index in [1.54, 1.807) is 24.8 Å². The Bertz CT molecular complexity index is 755. The maximum atomic E-state index is 10.0. The number of imidazole rings is 1. The van der Waals surface area contributed by atoms with E-state index in [2.05, 4.69) is 22.2 Å². The molecule has 2 N–H and O–H groups in total. The van der Waals surface area contributed by atoms with Gasteiger partial charge in [0.15, 0.2) is 0 Å². The van der Waals surface area contributed by atoms with Crippen LogP contribution in [0.2, 0.25) is 0 Å². The van der Waals surface area contributed by atoms with Crippen LogP contribution < -0.4 is 5.32 Å². The van der Waals surface area contributed by atoms with Gasteiger partial charge in [0.2, 0.25) is 0 Å². The first-order valence-electron chi connectivity index (χ1n) is 7.73. The lowest BCUT2D eigenvalue weighted by atomic mass is 10.0. The molecule has 23 heavy (non-hydrogen) atoms. The molecule has 0 amide bonds. The van der Waals surface area contributed by atoms with Crippen LogP contribution in [-0.4, -0.2) is 19.6 Å². The molecule has 0 saturated heterocycles. The van der Waals surface area contributed by atoms with Gasteiger partial charge in [0.25, 0.3) is 0 Å². The summed E-state index contributed by atoms with van der Waals surface area (Å²) >= 11 is 0. The van der Waals surface area contributed by atoms with E-state index < -0.39 is 0 Å². The van der Waals surface area contributed by atoms with Crippen molar-refractivity contribution in [3.8, 4) is 11.6 Å². The van der Waals surface area contributed by atoms with E-state index in [4.69, 9.17) is 0 Å². The van der Waals surface area contributed by atoms with E-state index >= 15 is 0 Å². The van der Waals surface area contributed by atoms with Crippen molar-refractivity contribution in [2.75, 3.05) is 0 Å². The van der Waals surface area contributed by atoms with Crippen molar-refractivity contribution in [3.05, 3.63) is 72.4 Å². The first kappa shape index (κ1) is 15.2. The van der Waals surface area contributed by atoms with Crippen LogP contribution in [0.25, 0.3) is 5.82 Å². The molecule has 2 aromatic heterocycles. The number of hydrogen-bond acceptors (Lipinski definition) is 4. The zero-order valence-electron chi connectivity index (χ0n) is 13.1. The lowest BCUT2D eigenvalue weighted by Crippen LogP contribution is -2.21. The highest BCUT2D eigenvalue weighted by Gasteiger charge is 2.14. The van der Waals surface area contributed by atoms with Crippen molar-refractivity contribution in [2.45, 2.75) is 25.9 Å². The molecule has 0 aliphatic carbocycles. The normalized spacial score (nSPS) is 12.2. The number of phenolic OH excluding ortho intramolecular Hbond substituents is 1. The Morgan fingerprint density at radius 1 is 1.17 bits per heavy atom. The molecule has 0 radical (unpaired) electrons. The molecule has 0 spiro atoms. The highest BCUT2D eigenvalue weighted by atomic mass is 16.3. The fraction of sp³-hybridized carbons (Fsp3) is 0.222. The molecule has 3 rings (SSSR count). The smallest absolute Gasteiger partial charge is 0.142 e. The van der Waals surface area contributed by atoms with Crippen LogP contribution in [0.5, 0.6) is 5.75 Å². The van der Waals surface area contributed by atoms with Gasteiger partial charge in [-0.1, -0.05) is 31.2 Å². The molecule has 1 unspecified atom stereocenters. The minimum absolute atomic E-state index is 0.0899. The molecule has 0 saturated carbocycles. The molecule has 5 nitrogen and oxygen atoms in total. The van der Waals surface area contributed by atoms with Gasteiger partial charge in [-0.3, -0.25) is 4.57 Å². The summed E-state index contributed by atoms with van der Waals surface area (Å²) in [5.74, 6) is 1.19. The van der Waals surface area contributed by atoms with Crippen molar-refractivity contribution in [1.29, 1.82) is 0 Å². The van der Waals surface area contributed by atoms with Gasteiger partial charge in [-0.15, -0.1) is 0 Å². The molecular formula is C18H20N4O. The third-order valence-corrected chi connectivity index (χ3v) is 3.88. The maximum absolute atomic E-state index is 10.0. The van der Waals surface area contributed by atoms with E-state index in [0.29, 0.717) is 12.3 Å². The van der Waals surface area contributed by atoms with Crippen molar-refractivity contribution in [2.24, 2.45) is 0 Å². The molecule has 0 aliphatic heterocycles. The van der Waals surface area contributed by atoms with Crippen LogP contribution in [0.3, 0.4) is 0 Å². The fourth-order valence-electron chi connectivity index (χ4n) is 2.67. The summed E-state index contributed by atoms with van der Waals surface area (Å²) in [4.78, 5) is 8.53. The zero-order chi connectivity index (χ0) is 16.1. The predicted octanol–water partition coefficient (Wildman–Crippen LogP) is 3.21. The molecule has 3 aromatic rings. The lowest BCUT2D eigenvalue weighted by molar-refractivity contribution is 0.440. The average molecular weight is 308 g/mol. The molecule has 1 atom stereocenters. The van der Waals surface area contributed by atoms with Crippen LogP contribution in [0.15, 0.2) is 61.3 Å². The Labute approximate surface area is 135 Å². The van der Waals surface area contributed by atoms with Gasteiger partial charge in [-0.05, 0) is 18.6 Å². The summed E-state index contributed by atoms with van der Waals surface area (Å²) in [6.07, 6.45) is 8.03. The molecule has 2 heterocycles. The van der Waals surface area contributed by atoms with Crippen LogP contribution in [0.1, 0.15) is 30.5 Å². The van der Waals surface area contributed by atoms with Gasteiger partial charge in [-0.2, -0.15) is 0 Å². The number of nitrogens with one attached hydrogen (secondary N) is 1. The average Bonchev–Trinajstić information content (AvgIpc) is 3.11. The second-order valence-corrected chi connectivity index (χ2v) is 5.36. The van der Waals surface area contributed by atoms with E-state index in [1.807, 2.05) is 41.1 Å². The number of nitrogens with zero attached hydrogens (tertiary/aromatic N) is 3. The minimum atomic E-state index is 0.0899. The van der Waals surface area contributed by atoms with Crippen molar-refractivity contribution in [1.82, 2.24) is 19.9 Å². The minimum Gasteiger partial charge on any atom is -0.508 e. The van der Waals surface area contributed by atoms with Crippen LogP contribution in [-0.2, 0) is 6.54 Å². The number of rotatable bonds is 6. The number of pyridine rings is 1. The van der Waals surface area contributed by atoms with E-state index in [0.717, 1.165) is 23.4 Å². The Morgan fingerprint density at radius 3 is 2.78 bits per heavy atom. The highest BCUT2D eigenvalue weighted by Crippen LogP contribution is 2.26. The fourth-order valence-corrected chi connectivity index (χ4v) is 2.67. The molecule has 0 aliphatic rings. The predicted molar refractivity (Wildman–Crippen MR) is 89.3 cm³/mol. The Balaban J connectivity index is 1.79. The second-order valence-electron chi connectivity index (χ2n) is 5.36. The maximum Gasteiger partial charge on any atom is 0.142 e. The monoisotopic (exact) mass is 308 g/mol. The van der Waals surface area contributed by atoms with E-state index in [-0.39, 0.29) is 6.04 Å². The van der Waals surface area contributed by atoms with Gasteiger partial charge in [0, 0.05) is 42.3 Å². The first-order chi connectivity index (χ1) is 11.3. The summed E-state index contributed by atoms with van der Waals surface area (Å²) in [5, 5.41) is 13.6. The van der Waals surface area contributed by atoms with Gasteiger partial charge >= 0.3 is 0 Å². The molecule has 118 valence electrons. The third-order valence-electron chi connectivity index (χ3n) is 3.88. The van der Waals surface area contributed by atoms with Crippen LogP contribution in [0.4, 0.5) is 0 Å². The first-order valence-corrected chi connectivity index (χ1v) is 7.73.